The first-order valence-electron chi connectivity index (χ1n) is 2.89. The van der Waals surface area contributed by atoms with Crippen LogP contribution in [0.5, 0.6) is 0 Å². The van der Waals surface area contributed by atoms with Crippen molar-refractivity contribution in [2.45, 2.75) is 11.8 Å². The average molecular weight is 219 g/mol. The molecule has 1 nitrogen and oxygen atoms in total. The van der Waals surface area contributed by atoms with Crippen molar-refractivity contribution in [1.29, 1.82) is 0 Å². The molecule has 0 aliphatic heterocycles. The minimum absolute atomic E-state index is 0.118. The van der Waals surface area contributed by atoms with Crippen LogP contribution in [-0.2, 0) is 4.79 Å². The van der Waals surface area contributed by atoms with Gasteiger partial charge in [-0.15, -0.1) is 11.3 Å². The van der Waals surface area contributed by atoms with Gasteiger partial charge in [0, 0.05) is 4.88 Å². The molecule has 0 amide bonds. The second-order valence-electron chi connectivity index (χ2n) is 2.01. The van der Waals surface area contributed by atoms with Gasteiger partial charge in [-0.25, -0.2) is 0 Å². The highest BCUT2D eigenvalue weighted by molar-refractivity contribution is 9.09. The summed E-state index contributed by atoms with van der Waals surface area (Å²) in [5.41, 5.74) is 1.18. The van der Waals surface area contributed by atoms with Crippen molar-refractivity contribution in [2.75, 3.05) is 0 Å². The van der Waals surface area contributed by atoms with E-state index in [1.807, 2.05) is 18.4 Å². The summed E-state index contributed by atoms with van der Waals surface area (Å²) in [7, 11) is 0. The molecule has 1 aromatic heterocycles. The number of aldehydes is 1. The summed E-state index contributed by atoms with van der Waals surface area (Å²) in [5, 5.41) is 1.99. The molecule has 0 N–H and O–H groups in total. The Balaban J connectivity index is 2.92. The Bertz CT molecular complexity index is 231. The number of hydrogen-bond acceptors (Lipinski definition) is 2. The normalized spacial score (nSPS) is 13.0. The minimum atomic E-state index is -0.118. The van der Waals surface area contributed by atoms with Crippen LogP contribution in [0.15, 0.2) is 11.4 Å². The molecule has 0 bridgehead atoms. The van der Waals surface area contributed by atoms with Gasteiger partial charge in [-0.05, 0) is 23.9 Å². The van der Waals surface area contributed by atoms with Crippen molar-refractivity contribution >= 4 is 33.6 Å². The summed E-state index contributed by atoms with van der Waals surface area (Å²) >= 11 is 4.86. The van der Waals surface area contributed by atoms with Crippen LogP contribution in [0.2, 0.25) is 0 Å². The Labute approximate surface area is 72.2 Å². The number of halogens is 1. The van der Waals surface area contributed by atoms with Gasteiger partial charge in [0.25, 0.3) is 0 Å². The van der Waals surface area contributed by atoms with Gasteiger partial charge < -0.3 is 4.79 Å². The Kier molecular flexibility index (Phi) is 2.63. The lowest BCUT2D eigenvalue weighted by Crippen LogP contribution is -1.87. The van der Waals surface area contributed by atoms with Crippen molar-refractivity contribution in [3.8, 4) is 0 Å². The zero-order chi connectivity index (χ0) is 7.56. The van der Waals surface area contributed by atoms with Crippen molar-refractivity contribution in [1.82, 2.24) is 0 Å². The number of carbonyl (C=O) groups is 1. The van der Waals surface area contributed by atoms with Gasteiger partial charge in [0.15, 0.2) is 0 Å². The van der Waals surface area contributed by atoms with E-state index in [4.69, 9.17) is 0 Å². The minimum Gasteiger partial charge on any atom is -0.302 e. The molecule has 0 spiro atoms. The third-order valence-electron chi connectivity index (χ3n) is 1.27. The topological polar surface area (TPSA) is 17.1 Å². The van der Waals surface area contributed by atoms with E-state index in [1.54, 1.807) is 11.3 Å². The summed E-state index contributed by atoms with van der Waals surface area (Å²) in [6, 6.07) is 2.01. The van der Waals surface area contributed by atoms with Gasteiger partial charge >= 0.3 is 0 Å². The molecule has 0 aromatic carbocycles. The van der Waals surface area contributed by atoms with Crippen molar-refractivity contribution in [2.24, 2.45) is 0 Å². The molecule has 1 atom stereocenters. The first-order chi connectivity index (χ1) is 4.75. The van der Waals surface area contributed by atoms with E-state index in [1.165, 1.54) is 5.56 Å². The molecule has 0 saturated carbocycles. The van der Waals surface area contributed by atoms with E-state index in [0.29, 0.717) is 0 Å². The first-order valence-corrected chi connectivity index (χ1v) is 4.68. The van der Waals surface area contributed by atoms with E-state index in [9.17, 15) is 4.79 Å². The molecule has 3 heteroatoms. The van der Waals surface area contributed by atoms with Crippen molar-refractivity contribution in [3.05, 3.63) is 21.9 Å². The van der Waals surface area contributed by atoms with Crippen LogP contribution in [0.25, 0.3) is 0 Å². The monoisotopic (exact) mass is 218 g/mol. The van der Waals surface area contributed by atoms with Crippen LogP contribution in [0, 0.1) is 6.92 Å². The van der Waals surface area contributed by atoms with E-state index in [-0.39, 0.29) is 4.83 Å². The smallest absolute Gasteiger partial charge is 0.138 e. The quantitative estimate of drug-likeness (QED) is 0.552. The Hall–Kier alpha value is -0.150. The van der Waals surface area contributed by atoms with Crippen LogP contribution < -0.4 is 0 Å². The molecule has 1 rings (SSSR count). The zero-order valence-corrected chi connectivity index (χ0v) is 7.91. The maximum atomic E-state index is 10.3. The van der Waals surface area contributed by atoms with Gasteiger partial charge in [0.2, 0.25) is 0 Å². The summed E-state index contributed by atoms with van der Waals surface area (Å²) in [6.45, 7) is 2.00. The molecule has 0 fully saturated rings. The van der Waals surface area contributed by atoms with Crippen LogP contribution >= 0.6 is 27.3 Å². The summed E-state index contributed by atoms with van der Waals surface area (Å²) < 4.78 is 0. The number of hydrogen-bond donors (Lipinski definition) is 0. The summed E-state index contributed by atoms with van der Waals surface area (Å²) in [5.74, 6) is 0. The summed E-state index contributed by atoms with van der Waals surface area (Å²) in [6.07, 6.45) is 0.902. The van der Waals surface area contributed by atoms with Gasteiger partial charge in [0.05, 0.1) is 0 Å². The summed E-state index contributed by atoms with van der Waals surface area (Å²) in [4.78, 5) is 11.3. The van der Waals surface area contributed by atoms with E-state index in [0.717, 1.165) is 11.2 Å². The third-order valence-corrected chi connectivity index (χ3v) is 3.35. The van der Waals surface area contributed by atoms with Gasteiger partial charge in [-0.2, -0.15) is 0 Å². The van der Waals surface area contributed by atoms with Crippen LogP contribution in [0.4, 0.5) is 0 Å². The van der Waals surface area contributed by atoms with Gasteiger partial charge in [-0.1, -0.05) is 15.9 Å². The second-order valence-corrected chi connectivity index (χ2v) is 3.94. The average Bonchev–Trinajstić information content (AvgIpc) is 2.34. The fourth-order valence-corrected chi connectivity index (χ4v) is 2.27. The lowest BCUT2D eigenvalue weighted by molar-refractivity contribution is -0.107. The lowest BCUT2D eigenvalue weighted by atomic mass is 10.2. The maximum absolute atomic E-state index is 10.3. The molecule has 10 heavy (non-hydrogen) atoms. The maximum Gasteiger partial charge on any atom is 0.138 e. The molecule has 0 aliphatic rings. The molecule has 0 saturated heterocycles. The van der Waals surface area contributed by atoms with Crippen molar-refractivity contribution in [3.63, 3.8) is 0 Å². The zero-order valence-electron chi connectivity index (χ0n) is 5.50. The number of rotatable bonds is 2. The first kappa shape index (κ1) is 7.95. The molecular formula is C7H7BrOS. The highest BCUT2D eigenvalue weighted by Gasteiger charge is 2.08. The predicted molar refractivity (Wildman–Crippen MR) is 46.8 cm³/mol. The predicted octanol–water partition coefficient (Wildman–Crippen LogP) is 2.69. The highest BCUT2D eigenvalue weighted by Crippen LogP contribution is 2.28. The van der Waals surface area contributed by atoms with Gasteiger partial charge in [-0.3, -0.25) is 0 Å². The molecule has 0 aliphatic carbocycles. The van der Waals surface area contributed by atoms with E-state index >= 15 is 0 Å². The van der Waals surface area contributed by atoms with Crippen LogP contribution in [-0.4, -0.2) is 6.29 Å². The SMILES string of the molecule is Cc1ccsc1C(Br)C=O. The molecular weight excluding hydrogens is 212 g/mol. The Morgan fingerprint density at radius 3 is 2.90 bits per heavy atom. The standard InChI is InChI=1S/C7H7BrOS/c1-5-2-3-10-7(5)6(8)4-9/h2-4,6H,1H3. The Morgan fingerprint density at radius 1 is 1.80 bits per heavy atom. The largest absolute Gasteiger partial charge is 0.302 e. The number of alkyl halides is 1. The fourth-order valence-electron chi connectivity index (χ4n) is 0.729. The number of aryl methyl sites for hydroxylation is 1. The van der Waals surface area contributed by atoms with Crippen LogP contribution in [0.1, 0.15) is 15.3 Å². The number of carbonyl (C=O) groups excluding carboxylic acids is 1. The molecule has 1 unspecified atom stereocenters. The van der Waals surface area contributed by atoms with Gasteiger partial charge in [0.1, 0.15) is 11.1 Å². The van der Waals surface area contributed by atoms with Crippen LogP contribution in [0.3, 0.4) is 0 Å². The second kappa shape index (κ2) is 3.30. The molecule has 1 heterocycles. The van der Waals surface area contributed by atoms with E-state index < -0.39 is 0 Å². The highest BCUT2D eigenvalue weighted by atomic mass is 79.9. The molecule has 1 aromatic rings. The third kappa shape index (κ3) is 1.47. The lowest BCUT2D eigenvalue weighted by Gasteiger charge is -1.97. The van der Waals surface area contributed by atoms with Crippen molar-refractivity contribution < 1.29 is 4.79 Å². The Morgan fingerprint density at radius 2 is 2.50 bits per heavy atom. The fraction of sp³-hybridized carbons (Fsp3) is 0.286. The van der Waals surface area contributed by atoms with E-state index in [2.05, 4.69) is 15.9 Å². The number of thiophene rings is 1. The molecule has 0 radical (unpaired) electrons. The molecule has 54 valence electrons.